The Labute approximate surface area is 137 Å². The van der Waals surface area contributed by atoms with Gasteiger partial charge in [-0.25, -0.2) is 0 Å². The van der Waals surface area contributed by atoms with Crippen molar-refractivity contribution in [2.45, 2.75) is 25.0 Å². The van der Waals surface area contributed by atoms with E-state index >= 15 is 0 Å². The maximum atomic E-state index is 6.11. The molecule has 0 radical (unpaired) electrons. The molecule has 2 heterocycles. The largest absolute Gasteiger partial charge is 0.365 e. The molecule has 0 N–H and O–H groups in total. The Kier molecular flexibility index (Phi) is 4.24. The molecule has 2 aliphatic rings. The zero-order valence-corrected chi connectivity index (χ0v) is 13.0. The zero-order valence-electron chi connectivity index (χ0n) is 13.0. The SMILES string of the molecule is C1=C[C@H](OCc2ccccc2)[C@H]2OC[C@@H](c3ccccc3)N2C1. The van der Waals surface area contributed by atoms with E-state index in [1.807, 2.05) is 18.2 Å². The molecular formula is C20H21NO2. The van der Waals surface area contributed by atoms with E-state index in [1.165, 1.54) is 11.1 Å². The van der Waals surface area contributed by atoms with Crippen molar-refractivity contribution in [2.24, 2.45) is 0 Å². The van der Waals surface area contributed by atoms with E-state index in [4.69, 9.17) is 9.47 Å². The third kappa shape index (κ3) is 3.08. The first-order chi connectivity index (χ1) is 11.4. The van der Waals surface area contributed by atoms with E-state index in [9.17, 15) is 0 Å². The van der Waals surface area contributed by atoms with Crippen molar-refractivity contribution in [3.05, 3.63) is 83.9 Å². The molecule has 2 aromatic rings. The number of hydrogen-bond donors (Lipinski definition) is 0. The Bertz CT molecular complexity index is 656. The van der Waals surface area contributed by atoms with Gasteiger partial charge in [0.05, 0.1) is 19.3 Å². The van der Waals surface area contributed by atoms with Crippen LogP contribution in [0.1, 0.15) is 17.2 Å². The maximum absolute atomic E-state index is 6.11. The van der Waals surface area contributed by atoms with Gasteiger partial charge in [-0.1, -0.05) is 72.8 Å². The van der Waals surface area contributed by atoms with Crippen molar-refractivity contribution in [2.75, 3.05) is 13.2 Å². The maximum Gasteiger partial charge on any atom is 0.141 e. The van der Waals surface area contributed by atoms with E-state index < -0.39 is 0 Å². The van der Waals surface area contributed by atoms with Gasteiger partial charge in [-0.05, 0) is 11.1 Å². The first-order valence-electron chi connectivity index (χ1n) is 8.16. The Hall–Kier alpha value is -1.94. The molecule has 0 aliphatic carbocycles. The summed E-state index contributed by atoms with van der Waals surface area (Å²) < 4.78 is 12.2. The minimum absolute atomic E-state index is 0.00826. The highest BCUT2D eigenvalue weighted by Crippen LogP contribution is 2.34. The molecule has 0 saturated carbocycles. The van der Waals surface area contributed by atoms with Crippen molar-refractivity contribution < 1.29 is 9.47 Å². The molecule has 1 fully saturated rings. The Balaban J connectivity index is 1.45. The molecule has 2 aromatic carbocycles. The van der Waals surface area contributed by atoms with Gasteiger partial charge in [0.2, 0.25) is 0 Å². The minimum Gasteiger partial charge on any atom is -0.365 e. The van der Waals surface area contributed by atoms with E-state index in [-0.39, 0.29) is 12.3 Å². The third-order valence-corrected chi connectivity index (χ3v) is 4.54. The summed E-state index contributed by atoms with van der Waals surface area (Å²) in [6.45, 7) is 2.25. The monoisotopic (exact) mass is 307 g/mol. The van der Waals surface area contributed by atoms with Crippen LogP contribution in [0.15, 0.2) is 72.8 Å². The molecule has 1 saturated heterocycles. The Morgan fingerprint density at radius 2 is 1.74 bits per heavy atom. The quantitative estimate of drug-likeness (QED) is 0.807. The standard InChI is InChI=1S/C20H21NO2/c1-3-8-16(9-4-1)14-22-19-12-7-13-21-18(15-23-20(19)21)17-10-5-2-6-11-17/h1-12,18-20H,13-15H2/t18-,19-,20+/m0/s1. The number of benzene rings is 2. The summed E-state index contributed by atoms with van der Waals surface area (Å²) >= 11 is 0. The van der Waals surface area contributed by atoms with Crippen LogP contribution in [0.5, 0.6) is 0 Å². The second-order valence-electron chi connectivity index (χ2n) is 6.04. The predicted molar refractivity (Wildman–Crippen MR) is 89.8 cm³/mol. The number of hydrogen-bond acceptors (Lipinski definition) is 3. The lowest BCUT2D eigenvalue weighted by molar-refractivity contribution is -0.0842. The van der Waals surface area contributed by atoms with Crippen molar-refractivity contribution in [3.8, 4) is 0 Å². The molecule has 23 heavy (non-hydrogen) atoms. The van der Waals surface area contributed by atoms with Crippen LogP contribution >= 0.6 is 0 Å². The molecule has 0 amide bonds. The molecule has 4 rings (SSSR count). The van der Waals surface area contributed by atoms with Crippen molar-refractivity contribution in [3.63, 3.8) is 0 Å². The molecule has 118 valence electrons. The van der Waals surface area contributed by atoms with Gasteiger partial charge in [0.1, 0.15) is 12.3 Å². The van der Waals surface area contributed by atoms with Crippen LogP contribution in [0.3, 0.4) is 0 Å². The van der Waals surface area contributed by atoms with Gasteiger partial charge in [0.25, 0.3) is 0 Å². The molecular weight excluding hydrogens is 286 g/mol. The summed E-state index contributed by atoms with van der Waals surface area (Å²) in [4.78, 5) is 2.39. The van der Waals surface area contributed by atoms with Gasteiger partial charge in [-0.3, -0.25) is 4.90 Å². The summed E-state index contributed by atoms with van der Waals surface area (Å²) in [7, 11) is 0. The molecule has 0 unspecified atom stereocenters. The fraction of sp³-hybridized carbons (Fsp3) is 0.300. The van der Waals surface area contributed by atoms with Crippen LogP contribution in [0.2, 0.25) is 0 Å². The summed E-state index contributed by atoms with van der Waals surface area (Å²) in [6.07, 6.45) is 4.32. The number of fused-ring (bicyclic) bond motifs is 1. The van der Waals surface area contributed by atoms with E-state index in [0.717, 1.165) is 13.2 Å². The van der Waals surface area contributed by atoms with Gasteiger partial charge >= 0.3 is 0 Å². The number of rotatable bonds is 4. The fourth-order valence-electron chi connectivity index (χ4n) is 3.35. The van der Waals surface area contributed by atoms with Crippen LogP contribution in [-0.4, -0.2) is 30.4 Å². The number of ether oxygens (including phenoxy) is 2. The first-order valence-corrected chi connectivity index (χ1v) is 8.16. The molecule has 3 heteroatoms. The summed E-state index contributed by atoms with van der Waals surface area (Å²) in [6, 6.07) is 21.2. The first kappa shape index (κ1) is 14.6. The lowest BCUT2D eigenvalue weighted by atomic mass is 10.0. The van der Waals surface area contributed by atoms with Gasteiger partial charge in [-0.2, -0.15) is 0 Å². The average molecular weight is 307 g/mol. The van der Waals surface area contributed by atoms with Crippen LogP contribution in [-0.2, 0) is 16.1 Å². The molecule has 0 bridgehead atoms. The van der Waals surface area contributed by atoms with Gasteiger partial charge < -0.3 is 9.47 Å². The van der Waals surface area contributed by atoms with E-state index in [2.05, 4.69) is 59.5 Å². The topological polar surface area (TPSA) is 21.7 Å². The fourth-order valence-corrected chi connectivity index (χ4v) is 3.35. The molecule has 2 aliphatic heterocycles. The van der Waals surface area contributed by atoms with Crippen LogP contribution in [0, 0.1) is 0 Å². The van der Waals surface area contributed by atoms with Crippen molar-refractivity contribution in [1.29, 1.82) is 0 Å². The summed E-state index contributed by atoms with van der Waals surface area (Å²) in [5.74, 6) is 0. The zero-order chi connectivity index (χ0) is 15.5. The number of nitrogens with zero attached hydrogens (tertiary/aromatic N) is 1. The Morgan fingerprint density at radius 1 is 1.00 bits per heavy atom. The second kappa shape index (κ2) is 6.67. The third-order valence-electron chi connectivity index (χ3n) is 4.54. The van der Waals surface area contributed by atoms with Gasteiger partial charge in [0.15, 0.2) is 0 Å². The molecule has 0 spiro atoms. The van der Waals surface area contributed by atoms with Gasteiger partial charge in [0, 0.05) is 6.54 Å². The lowest BCUT2D eigenvalue weighted by Crippen LogP contribution is -2.44. The highest BCUT2D eigenvalue weighted by molar-refractivity contribution is 5.22. The molecule has 3 atom stereocenters. The van der Waals surface area contributed by atoms with Gasteiger partial charge in [-0.15, -0.1) is 0 Å². The van der Waals surface area contributed by atoms with Crippen molar-refractivity contribution in [1.82, 2.24) is 4.90 Å². The van der Waals surface area contributed by atoms with Crippen LogP contribution < -0.4 is 0 Å². The van der Waals surface area contributed by atoms with Crippen LogP contribution in [0.4, 0.5) is 0 Å². The second-order valence-corrected chi connectivity index (χ2v) is 6.04. The summed E-state index contributed by atoms with van der Waals surface area (Å²) in [5, 5.41) is 0. The van der Waals surface area contributed by atoms with E-state index in [0.29, 0.717) is 12.6 Å². The molecule has 3 nitrogen and oxygen atoms in total. The minimum atomic E-state index is -0.0160. The highest BCUT2D eigenvalue weighted by Gasteiger charge is 2.40. The smallest absolute Gasteiger partial charge is 0.141 e. The molecule has 0 aromatic heterocycles. The highest BCUT2D eigenvalue weighted by atomic mass is 16.6. The Morgan fingerprint density at radius 3 is 2.52 bits per heavy atom. The predicted octanol–water partition coefficient (Wildman–Crippen LogP) is 3.54. The lowest BCUT2D eigenvalue weighted by Gasteiger charge is -2.34. The van der Waals surface area contributed by atoms with Crippen LogP contribution in [0.25, 0.3) is 0 Å². The summed E-state index contributed by atoms with van der Waals surface area (Å²) in [5.41, 5.74) is 2.50. The van der Waals surface area contributed by atoms with Crippen molar-refractivity contribution >= 4 is 0 Å². The van der Waals surface area contributed by atoms with E-state index in [1.54, 1.807) is 0 Å². The average Bonchev–Trinajstić information content (AvgIpc) is 3.06. The normalized spacial score (nSPS) is 27.0.